The molecule has 0 bridgehead atoms. The highest BCUT2D eigenvalue weighted by Gasteiger charge is 2.24. The maximum absolute atomic E-state index is 13.5. The zero-order chi connectivity index (χ0) is 24.7. The van der Waals surface area contributed by atoms with Gasteiger partial charge in [-0.05, 0) is 73.2 Å². The number of methoxy groups -OCH3 is 1. The Morgan fingerprint density at radius 2 is 1.59 bits per heavy atom. The molecule has 0 N–H and O–H groups in total. The van der Waals surface area contributed by atoms with Gasteiger partial charge in [0, 0.05) is 17.5 Å². The lowest BCUT2D eigenvalue weighted by molar-refractivity contribution is -0.142. The van der Waals surface area contributed by atoms with E-state index in [4.69, 9.17) is 4.74 Å². The highest BCUT2D eigenvalue weighted by molar-refractivity contribution is 7.10. The lowest BCUT2D eigenvalue weighted by atomic mass is 10.1. The van der Waals surface area contributed by atoms with Gasteiger partial charge in [-0.2, -0.15) is 0 Å². The molecule has 3 aromatic rings. The van der Waals surface area contributed by atoms with Crippen LogP contribution in [0.15, 0.2) is 60.0 Å². The molecule has 1 aromatic heterocycles. The fourth-order valence-corrected chi connectivity index (χ4v) is 4.53. The smallest absolute Gasteiger partial charge is 0.242 e. The largest absolute Gasteiger partial charge is 0.497 e. The molecule has 5 nitrogen and oxygen atoms in total. The van der Waals surface area contributed by atoms with Crippen LogP contribution in [-0.4, -0.2) is 41.3 Å². The number of thiophene rings is 1. The van der Waals surface area contributed by atoms with Crippen LogP contribution in [0.5, 0.6) is 5.75 Å². The second-order valence-electron chi connectivity index (χ2n) is 8.54. The van der Waals surface area contributed by atoms with Gasteiger partial charge in [-0.15, -0.1) is 11.3 Å². The average Bonchev–Trinajstić information content (AvgIpc) is 3.22. The van der Waals surface area contributed by atoms with Crippen LogP contribution in [0.25, 0.3) is 0 Å². The zero-order valence-electron chi connectivity index (χ0n) is 20.1. The van der Waals surface area contributed by atoms with Crippen LogP contribution in [0, 0.1) is 12.7 Å². The summed E-state index contributed by atoms with van der Waals surface area (Å²) in [6.07, 6.45) is 0.206. The van der Waals surface area contributed by atoms with Crippen molar-refractivity contribution < 1.29 is 18.7 Å². The van der Waals surface area contributed by atoms with Gasteiger partial charge in [0.1, 0.15) is 18.1 Å². The van der Waals surface area contributed by atoms with Crippen LogP contribution in [0.3, 0.4) is 0 Å². The van der Waals surface area contributed by atoms with Gasteiger partial charge in [-0.25, -0.2) is 4.39 Å². The molecule has 2 amide bonds. The summed E-state index contributed by atoms with van der Waals surface area (Å²) in [6, 6.07) is 15.4. The number of halogens is 1. The van der Waals surface area contributed by atoms with E-state index in [1.807, 2.05) is 56.5 Å². The van der Waals surface area contributed by atoms with Gasteiger partial charge in [0.2, 0.25) is 11.8 Å². The van der Waals surface area contributed by atoms with Gasteiger partial charge in [0.15, 0.2) is 0 Å². The molecular formula is C27H31FN2O3S. The maximum atomic E-state index is 13.5. The van der Waals surface area contributed by atoms with Crippen molar-refractivity contribution in [1.82, 2.24) is 9.80 Å². The number of amides is 2. The van der Waals surface area contributed by atoms with Crippen molar-refractivity contribution in [2.24, 2.45) is 0 Å². The van der Waals surface area contributed by atoms with Crippen molar-refractivity contribution in [3.8, 4) is 5.75 Å². The van der Waals surface area contributed by atoms with E-state index in [1.54, 1.807) is 40.4 Å². The SMILES string of the molecule is COc1ccc(CC(=O)N(CC(=O)N(Cc2ccc(F)cc2)Cc2sccc2C)C(C)C)cc1. The molecule has 0 radical (unpaired) electrons. The molecular weight excluding hydrogens is 451 g/mol. The molecule has 0 fully saturated rings. The first-order chi connectivity index (χ1) is 16.3. The van der Waals surface area contributed by atoms with Crippen LogP contribution in [0.4, 0.5) is 4.39 Å². The summed E-state index contributed by atoms with van der Waals surface area (Å²) in [5, 5.41) is 2.00. The van der Waals surface area contributed by atoms with E-state index in [-0.39, 0.29) is 36.6 Å². The zero-order valence-corrected chi connectivity index (χ0v) is 20.9. The summed E-state index contributed by atoms with van der Waals surface area (Å²) in [5.41, 5.74) is 2.82. The van der Waals surface area contributed by atoms with Crippen LogP contribution < -0.4 is 4.74 Å². The Morgan fingerprint density at radius 1 is 0.941 bits per heavy atom. The Kier molecular flexibility index (Phi) is 8.82. The molecule has 0 spiro atoms. The molecule has 0 atom stereocenters. The number of hydrogen-bond acceptors (Lipinski definition) is 4. The van der Waals surface area contributed by atoms with Gasteiger partial charge < -0.3 is 14.5 Å². The minimum Gasteiger partial charge on any atom is -0.497 e. The molecule has 2 aromatic carbocycles. The van der Waals surface area contributed by atoms with E-state index in [0.717, 1.165) is 27.3 Å². The number of rotatable bonds is 10. The van der Waals surface area contributed by atoms with E-state index in [1.165, 1.54) is 12.1 Å². The number of aryl methyl sites for hydroxylation is 1. The van der Waals surface area contributed by atoms with Crippen LogP contribution in [-0.2, 0) is 29.1 Å². The molecule has 7 heteroatoms. The van der Waals surface area contributed by atoms with E-state index >= 15 is 0 Å². The molecule has 0 aliphatic rings. The standard InChI is InChI=1S/C27H31FN2O3S/c1-19(2)30(26(31)15-21-7-11-24(33-4)12-8-21)18-27(32)29(17-25-20(3)13-14-34-25)16-22-5-9-23(28)10-6-22/h5-14,19H,15-18H2,1-4H3. The molecule has 0 aliphatic heterocycles. The normalized spacial score (nSPS) is 10.9. The third-order valence-corrected chi connectivity index (χ3v) is 6.71. The number of benzene rings is 2. The van der Waals surface area contributed by atoms with E-state index in [0.29, 0.717) is 13.1 Å². The Bertz CT molecular complexity index is 1090. The van der Waals surface area contributed by atoms with Crippen molar-refractivity contribution in [2.45, 2.75) is 46.3 Å². The van der Waals surface area contributed by atoms with Gasteiger partial charge in [0.25, 0.3) is 0 Å². The number of nitrogens with zero attached hydrogens (tertiary/aromatic N) is 2. The van der Waals surface area contributed by atoms with Crippen molar-refractivity contribution in [3.05, 3.63) is 87.4 Å². The van der Waals surface area contributed by atoms with Gasteiger partial charge in [0.05, 0.1) is 20.1 Å². The molecule has 0 saturated heterocycles. The summed E-state index contributed by atoms with van der Waals surface area (Å²) >= 11 is 1.60. The van der Waals surface area contributed by atoms with Crippen molar-refractivity contribution >= 4 is 23.2 Å². The van der Waals surface area contributed by atoms with Gasteiger partial charge >= 0.3 is 0 Å². The van der Waals surface area contributed by atoms with E-state index < -0.39 is 0 Å². The highest BCUT2D eigenvalue weighted by Crippen LogP contribution is 2.20. The van der Waals surface area contributed by atoms with E-state index in [2.05, 4.69) is 0 Å². The summed E-state index contributed by atoms with van der Waals surface area (Å²) in [6.45, 7) is 6.61. The predicted molar refractivity (Wildman–Crippen MR) is 133 cm³/mol. The Balaban J connectivity index is 1.75. The summed E-state index contributed by atoms with van der Waals surface area (Å²) in [7, 11) is 1.60. The summed E-state index contributed by atoms with van der Waals surface area (Å²) in [4.78, 5) is 31.0. The molecule has 34 heavy (non-hydrogen) atoms. The minimum atomic E-state index is -0.314. The summed E-state index contributed by atoms with van der Waals surface area (Å²) in [5.74, 6) is 0.162. The van der Waals surface area contributed by atoms with Crippen LogP contribution >= 0.6 is 11.3 Å². The second kappa shape index (κ2) is 11.8. The summed E-state index contributed by atoms with van der Waals surface area (Å²) < 4.78 is 18.6. The van der Waals surface area contributed by atoms with Crippen LogP contribution in [0.1, 0.15) is 35.4 Å². The van der Waals surface area contributed by atoms with Crippen molar-refractivity contribution in [1.29, 1.82) is 0 Å². The third-order valence-electron chi connectivity index (χ3n) is 5.71. The lowest BCUT2D eigenvalue weighted by Crippen LogP contribution is -2.46. The number of carbonyl (C=O) groups is 2. The minimum absolute atomic E-state index is 0.0156. The first-order valence-electron chi connectivity index (χ1n) is 11.2. The number of ether oxygens (including phenoxy) is 1. The quantitative estimate of drug-likeness (QED) is 0.398. The Hall–Kier alpha value is -3.19. The first-order valence-corrected chi connectivity index (χ1v) is 12.1. The Morgan fingerprint density at radius 3 is 2.15 bits per heavy atom. The van der Waals surface area contributed by atoms with E-state index in [9.17, 15) is 14.0 Å². The van der Waals surface area contributed by atoms with Crippen molar-refractivity contribution in [2.75, 3.05) is 13.7 Å². The van der Waals surface area contributed by atoms with Gasteiger partial charge in [-0.1, -0.05) is 24.3 Å². The monoisotopic (exact) mass is 482 g/mol. The van der Waals surface area contributed by atoms with Gasteiger partial charge in [-0.3, -0.25) is 9.59 Å². The lowest BCUT2D eigenvalue weighted by Gasteiger charge is -2.30. The maximum Gasteiger partial charge on any atom is 0.242 e. The van der Waals surface area contributed by atoms with Crippen molar-refractivity contribution in [3.63, 3.8) is 0 Å². The topological polar surface area (TPSA) is 49.9 Å². The Labute approximate surface area is 204 Å². The number of carbonyl (C=O) groups excluding carboxylic acids is 2. The molecule has 0 saturated carbocycles. The third kappa shape index (κ3) is 6.90. The molecule has 1 heterocycles. The first kappa shape index (κ1) is 25.4. The number of hydrogen-bond donors (Lipinski definition) is 0. The van der Waals surface area contributed by atoms with Crippen LogP contribution in [0.2, 0.25) is 0 Å². The molecule has 180 valence electrons. The molecule has 0 aliphatic carbocycles. The molecule has 0 unspecified atom stereocenters. The molecule has 3 rings (SSSR count). The highest BCUT2D eigenvalue weighted by atomic mass is 32.1. The fourth-order valence-electron chi connectivity index (χ4n) is 3.61. The average molecular weight is 483 g/mol. The fraction of sp³-hybridized carbons (Fsp3) is 0.333. The second-order valence-corrected chi connectivity index (χ2v) is 9.54. The predicted octanol–water partition coefficient (Wildman–Crippen LogP) is 5.21.